The van der Waals surface area contributed by atoms with Crippen LogP contribution in [-0.4, -0.2) is 59.7 Å². The number of nitrogens with one attached hydrogen (secondary N) is 1. The number of thiophene rings is 1. The van der Waals surface area contributed by atoms with Crippen molar-refractivity contribution in [3.63, 3.8) is 0 Å². The summed E-state index contributed by atoms with van der Waals surface area (Å²) in [5.74, 6) is -0.372. The topological polar surface area (TPSA) is 87.9 Å². The normalized spacial score (nSPS) is 19.6. The van der Waals surface area contributed by atoms with Crippen LogP contribution in [0.15, 0.2) is 59.7 Å². The molecular weight excluding hydrogens is 613 g/mol. The maximum atomic E-state index is 13.0. The Hall–Kier alpha value is -2.59. The fourth-order valence-corrected chi connectivity index (χ4v) is 5.64. The number of hydrogen-bond acceptors (Lipinski definition) is 6. The van der Waals surface area contributed by atoms with E-state index >= 15 is 0 Å². The van der Waals surface area contributed by atoms with Gasteiger partial charge in [0.05, 0.1) is 5.92 Å². The highest BCUT2D eigenvalue weighted by molar-refractivity contribution is 7.80. The number of carbonyl (C=O) groups is 2. The summed E-state index contributed by atoms with van der Waals surface area (Å²) in [6, 6.07) is 4.14. The zero-order chi connectivity index (χ0) is 35.5. The summed E-state index contributed by atoms with van der Waals surface area (Å²) in [4.78, 5) is 29.0. The van der Waals surface area contributed by atoms with Crippen LogP contribution in [0.25, 0.3) is 5.57 Å². The van der Waals surface area contributed by atoms with E-state index in [1.807, 2.05) is 78.0 Å². The number of thiocarbonyl (C=S) groups is 1. The fourth-order valence-electron chi connectivity index (χ4n) is 4.54. The minimum Gasteiger partial charge on any atom is -0.369 e. The molecule has 3 heterocycles. The number of ether oxygens (including phenoxy) is 1. The number of nitrogens with zero attached hydrogens (tertiary/aromatic N) is 2. The molecule has 0 bridgehead atoms. The molecule has 2 atom stereocenters. The van der Waals surface area contributed by atoms with Crippen molar-refractivity contribution >= 4 is 46.1 Å². The highest BCUT2D eigenvalue weighted by atomic mass is 32.1. The lowest BCUT2D eigenvalue weighted by Crippen LogP contribution is -2.44. The van der Waals surface area contributed by atoms with Crippen molar-refractivity contribution in [1.29, 1.82) is 0 Å². The average molecular weight is 677 g/mol. The Morgan fingerprint density at radius 2 is 1.76 bits per heavy atom. The third-order valence-electron chi connectivity index (χ3n) is 6.89. The molecule has 2 aliphatic heterocycles. The van der Waals surface area contributed by atoms with Gasteiger partial charge in [0.15, 0.2) is 5.11 Å². The monoisotopic (exact) mass is 676 g/mol. The van der Waals surface area contributed by atoms with Gasteiger partial charge < -0.3 is 15.8 Å². The van der Waals surface area contributed by atoms with Gasteiger partial charge in [-0.1, -0.05) is 105 Å². The number of nitrogens with two attached hydrogens (primary N) is 1. The van der Waals surface area contributed by atoms with Crippen LogP contribution in [0.3, 0.4) is 0 Å². The summed E-state index contributed by atoms with van der Waals surface area (Å²) in [6.45, 7) is 22.7. The third kappa shape index (κ3) is 16.8. The van der Waals surface area contributed by atoms with E-state index in [4.69, 9.17) is 22.7 Å². The van der Waals surface area contributed by atoms with Crippen LogP contribution >= 0.6 is 23.6 Å². The van der Waals surface area contributed by atoms with Crippen LogP contribution in [0.4, 0.5) is 0 Å². The minimum absolute atomic E-state index is 0.0324. The van der Waals surface area contributed by atoms with Crippen molar-refractivity contribution in [3.8, 4) is 0 Å². The second-order valence-corrected chi connectivity index (χ2v) is 11.5. The van der Waals surface area contributed by atoms with Gasteiger partial charge in [-0.2, -0.15) is 0 Å². The maximum Gasteiger partial charge on any atom is 0.239 e. The molecule has 0 aliphatic carbocycles. The largest absolute Gasteiger partial charge is 0.369 e. The highest BCUT2D eigenvalue weighted by Gasteiger charge is 2.27. The van der Waals surface area contributed by atoms with Crippen molar-refractivity contribution in [3.05, 3.63) is 64.5 Å². The van der Waals surface area contributed by atoms with Crippen LogP contribution in [0.2, 0.25) is 0 Å². The Morgan fingerprint density at radius 1 is 1.15 bits per heavy atom. The Morgan fingerprint density at radius 3 is 2.22 bits per heavy atom. The molecule has 0 saturated carbocycles. The van der Waals surface area contributed by atoms with E-state index in [0.717, 1.165) is 44.5 Å². The summed E-state index contributed by atoms with van der Waals surface area (Å²) in [5, 5.41) is 5.64. The van der Waals surface area contributed by atoms with Crippen molar-refractivity contribution < 1.29 is 14.3 Å². The lowest BCUT2D eigenvalue weighted by molar-refractivity contribution is -0.128. The van der Waals surface area contributed by atoms with E-state index in [1.54, 1.807) is 23.3 Å². The van der Waals surface area contributed by atoms with Gasteiger partial charge in [0.2, 0.25) is 11.8 Å². The molecule has 46 heavy (non-hydrogen) atoms. The Labute approximate surface area is 291 Å². The first-order chi connectivity index (χ1) is 22.2. The number of amides is 2. The first-order valence-electron chi connectivity index (χ1n) is 17.1. The SMILES string of the molecule is C/C=C(\C=C(/CC)c1cccs1)N1C(=O)C(C)/C=C\C=C/CNC1=S.CC.CC.CCC.CCC(OC)N1CCC(C(N)=O)CC1. The average Bonchev–Trinajstić information content (AvgIpc) is 3.62. The van der Waals surface area contributed by atoms with Crippen LogP contribution in [0, 0.1) is 11.8 Å². The van der Waals surface area contributed by atoms with Crippen molar-refractivity contribution in [2.75, 3.05) is 26.7 Å². The minimum atomic E-state index is -0.252. The summed E-state index contributed by atoms with van der Waals surface area (Å²) < 4.78 is 5.34. The summed E-state index contributed by atoms with van der Waals surface area (Å²) in [5.41, 5.74) is 7.26. The Bertz CT molecular complexity index is 1070. The van der Waals surface area contributed by atoms with Crippen molar-refractivity contribution in [2.45, 2.75) is 108 Å². The maximum absolute atomic E-state index is 13.0. The number of primary amides is 1. The first kappa shape index (κ1) is 45.5. The number of likely N-dealkylation sites (tertiary alicyclic amines) is 1. The second-order valence-electron chi connectivity index (χ2n) is 10.2. The van der Waals surface area contributed by atoms with E-state index in [9.17, 15) is 9.59 Å². The number of allylic oxidation sites excluding steroid dienone is 5. The molecule has 2 amide bonds. The van der Waals surface area contributed by atoms with Crippen LogP contribution in [0.5, 0.6) is 0 Å². The zero-order valence-electron chi connectivity index (χ0n) is 30.6. The predicted molar refractivity (Wildman–Crippen MR) is 204 cm³/mol. The molecular formula is C37H64N4O3S2. The fraction of sp³-hybridized carbons (Fsp3) is 0.595. The standard InChI is InChI=1S/C20H24N2OS2.C10H20N2O2.C3H8.2C2H6/c1-4-16(18-11-9-13-25-18)14-17(5-2)22-19(23)15(3)10-7-6-8-12-21-20(22)24;1-3-9(14-2)12-6-4-8(5-7-12)10(11)13;1-3-2;2*1-2/h5-11,13-15H,4,12H2,1-3H3,(H,21,24);8-9H,3-7H2,1-2H3,(H2,11,13);3H2,1-2H3;2*1-2H3/b8-6-,10-7-,16-14+,17-5+;;;;. The molecule has 1 aromatic heterocycles. The Balaban J connectivity index is 0. The van der Waals surface area contributed by atoms with Crippen molar-refractivity contribution in [1.82, 2.24) is 15.1 Å². The number of methoxy groups -OCH3 is 1. The molecule has 9 heteroatoms. The van der Waals surface area contributed by atoms with Gasteiger partial charge in [-0.3, -0.25) is 19.4 Å². The second kappa shape index (κ2) is 28.6. The van der Waals surface area contributed by atoms with Gasteiger partial charge in [-0.25, -0.2) is 0 Å². The molecule has 1 aromatic rings. The third-order valence-corrected chi connectivity index (χ3v) is 8.16. The summed E-state index contributed by atoms with van der Waals surface area (Å²) >= 11 is 7.21. The molecule has 0 spiro atoms. The van der Waals surface area contributed by atoms with Gasteiger partial charge in [0.25, 0.3) is 0 Å². The lowest BCUT2D eigenvalue weighted by atomic mass is 9.96. The smallest absolute Gasteiger partial charge is 0.239 e. The first-order valence-corrected chi connectivity index (χ1v) is 18.4. The summed E-state index contributed by atoms with van der Waals surface area (Å²) in [6.07, 6.45) is 16.8. The van der Waals surface area contributed by atoms with Crippen LogP contribution < -0.4 is 11.1 Å². The van der Waals surface area contributed by atoms with E-state index in [-0.39, 0.29) is 29.9 Å². The van der Waals surface area contributed by atoms with E-state index in [0.29, 0.717) is 11.7 Å². The molecule has 0 radical (unpaired) electrons. The molecule has 1 saturated heterocycles. The molecule has 262 valence electrons. The molecule has 0 aromatic carbocycles. The predicted octanol–water partition coefficient (Wildman–Crippen LogP) is 8.95. The zero-order valence-corrected chi connectivity index (χ0v) is 32.2. The molecule has 1 fully saturated rings. The van der Waals surface area contributed by atoms with Crippen LogP contribution in [-0.2, 0) is 14.3 Å². The molecule has 7 nitrogen and oxygen atoms in total. The number of hydrogen-bond donors (Lipinski definition) is 2. The van der Waals surface area contributed by atoms with Gasteiger partial charge >= 0.3 is 0 Å². The number of rotatable bonds is 8. The highest BCUT2D eigenvalue weighted by Crippen LogP contribution is 2.26. The van der Waals surface area contributed by atoms with Gasteiger partial charge in [0, 0.05) is 43.2 Å². The van der Waals surface area contributed by atoms with Gasteiger partial charge in [-0.15, -0.1) is 11.3 Å². The van der Waals surface area contributed by atoms with Gasteiger partial charge in [0.1, 0.15) is 6.23 Å². The molecule has 2 aliphatic rings. The van der Waals surface area contributed by atoms with E-state index in [1.165, 1.54) is 16.9 Å². The summed E-state index contributed by atoms with van der Waals surface area (Å²) in [7, 11) is 1.73. The van der Waals surface area contributed by atoms with E-state index in [2.05, 4.69) is 55.4 Å². The molecule has 3 N–H and O–H groups in total. The van der Waals surface area contributed by atoms with E-state index < -0.39 is 0 Å². The molecule has 2 unspecified atom stereocenters. The van der Waals surface area contributed by atoms with Gasteiger partial charge in [-0.05, 0) is 67.9 Å². The number of piperidine rings is 1. The Kier molecular flexibility index (Phi) is 28.3. The number of carbonyl (C=O) groups excluding carboxylic acids is 2. The van der Waals surface area contributed by atoms with Crippen LogP contribution in [0.1, 0.15) is 106 Å². The lowest BCUT2D eigenvalue weighted by Gasteiger charge is -2.35. The quantitative estimate of drug-likeness (QED) is 0.211. The van der Waals surface area contributed by atoms with Crippen molar-refractivity contribution in [2.24, 2.45) is 17.6 Å². The molecule has 3 rings (SSSR count).